The fourth-order valence-corrected chi connectivity index (χ4v) is 0.899. The molecule has 0 saturated heterocycles. The lowest BCUT2D eigenvalue weighted by Crippen LogP contribution is -2.19. The van der Waals surface area contributed by atoms with Crippen molar-refractivity contribution in [3.05, 3.63) is 16.9 Å². The monoisotopic (exact) mass is 245 g/mol. The van der Waals surface area contributed by atoms with E-state index in [2.05, 4.69) is 25.9 Å². The zero-order valence-corrected chi connectivity index (χ0v) is 9.28. The Bertz CT molecular complexity index is 250. The van der Waals surface area contributed by atoms with Crippen LogP contribution < -0.4 is 4.74 Å². The maximum Gasteiger partial charge on any atom is 0.316 e. The largest absolute Gasteiger partial charge is 0.462 e. The van der Waals surface area contributed by atoms with Gasteiger partial charge in [0.15, 0.2) is 0 Å². The molecule has 0 aromatic carbocycles. The number of rotatable bonds is 4. The molecule has 0 saturated carbocycles. The third kappa shape index (κ3) is 4.19. The molecule has 1 aromatic heterocycles. The highest BCUT2D eigenvalue weighted by molar-refractivity contribution is 9.10. The molecule has 0 radical (unpaired) electrons. The molecular weight excluding hydrogens is 234 g/mol. The highest BCUT2D eigenvalue weighted by atomic mass is 79.9. The summed E-state index contributed by atoms with van der Waals surface area (Å²) >= 11 is 3.25. The summed E-state index contributed by atoms with van der Waals surface area (Å²) in [6.07, 6.45) is 3.33. The van der Waals surface area contributed by atoms with Gasteiger partial charge in [0.25, 0.3) is 0 Å². The molecule has 5 heteroatoms. The van der Waals surface area contributed by atoms with Crippen molar-refractivity contribution in [3.8, 4) is 6.01 Å². The van der Waals surface area contributed by atoms with Crippen LogP contribution in [0.5, 0.6) is 6.01 Å². The van der Waals surface area contributed by atoms with E-state index in [1.165, 1.54) is 0 Å². The summed E-state index contributed by atoms with van der Waals surface area (Å²) < 4.78 is 6.14. The second-order valence-corrected chi connectivity index (χ2v) is 3.75. The van der Waals surface area contributed by atoms with Crippen LogP contribution in [0.15, 0.2) is 16.9 Å². The van der Waals surface area contributed by atoms with Crippen molar-refractivity contribution >= 4 is 15.9 Å². The lowest BCUT2D eigenvalue weighted by molar-refractivity contribution is 0.245. The maximum atomic E-state index is 5.29. The molecule has 0 aliphatic rings. The predicted octanol–water partition coefficient (Wildman–Crippen LogP) is 1.18. The Morgan fingerprint density at radius 3 is 2.54 bits per heavy atom. The Kier molecular flexibility index (Phi) is 4.11. The zero-order chi connectivity index (χ0) is 9.68. The van der Waals surface area contributed by atoms with Gasteiger partial charge in [-0.2, -0.15) is 0 Å². The van der Waals surface area contributed by atoms with Crippen LogP contribution in [-0.2, 0) is 0 Å². The molecule has 0 bridgehead atoms. The number of halogens is 1. The molecule has 0 N–H and O–H groups in total. The van der Waals surface area contributed by atoms with E-state index in [0.717, 1.165) is 11.0 Å². The third-order valence-electron chi connectivity index (χ3n) is 1.37. The van der Waals surface area contributed by atoms with Gasteiger partial charge in [-0.1, -0.05) is 0 Å². The van der Waals surface area contributed by atoms with Gasteiger partial charge in [-0.05, 0) is 30.0 Å². The van der Waals surface area contributed by atoms with Crippen molar-refractivity contribution < 1.29 is 4.74 Å². The molecule has 1 rings (SSSR count). The summed E-state index contributed by atoms with van der Waals surface area (Å²) in [6, 6.07) is 0.421. The Morgan fingerprint density at radius 1 is 1.38 bits per heavy atom. The lowest BCUT2D eigenvalue weighted by Gasteiger charge is -2.09. The summed E-state index contributed by atoms with van der Waals surface area (Å²) in [6.45, 7) is 1.47. The maximum absolute atomic E-state index is 5.29. The highest BCUT2D eigenvalue weighted by Crippen LogP contribution is 2.07. The predicted molar refractivity (Wildman–Crippen MR) is 53.8 cm³/mol. The normalized spacial score (nSPS) is 10.5. The molecule has 0 aliphatic carbocycles. The van der Waals surface area contributed by atoms with E-state index in [1.807, 2.05) is 19.0 Å². The van der Waals surface area contributed by atoms with Gasteiger partial charge in [-0.3, -0.25) is 0 Å². The van der Waals surface area contributed by atoms with Crippen LogP contribution in [0, 0.1) is 0 Å². The molecule has 13 heavy (non-hydrogen) atoms. The Hall–Kier alpha value is -0.680. The van der Waals surface area contributed by atoms with Crippen LogP contribution in [0.4, 0.5) is 0 Å². The van der Waals surface area contributed by atoms with Crippen LogP contribution in [0.3, 0.4) is 0 Å². The van der Waals surface area contributed by atoms with Gasteiger partial charge in [-0.25, -0.2) is 9.97 Å². The van der Waals surface area contributed by atoms with Crippen LogP contribution in [0.2, 0.25) is 0 Å². The SMILES string of the molecule is CN(C)CCOc1ncc(Br)cn1. The van der Waals surface area contributed by atoms with Crippen molar-refractivity contribution in [2.24, 2.45) is 0 Å². The summed E-state index contributed by atoms with van der Waals surface area (Å²) in [5, 5.41) is 0. The first-order valence-corrected chi connectivity index (χ1v) is 4.73. The van der Waals surface area contributed by atoms with Gasteiger partial charge >= 0.3 is 6.01 Å². The smallest absolute Gasteiger partial charge is 0.316 e. The van der Waals surface area contributed by atoms with E-state index in [9.17, 15) is 0 Å². The van der Waals surface area contributed by atoms with Crippen molar-refractivity contribution in [2.45, 2.75) is 0 Å². The summed E-state index contributed by atoms with van der Waals surface area (Å²) in [4.78, 5) is 9.99. The molecule has 1 heterocycles. The molecule has 0 unspecified atom stereocenters. The van der Waals surface area contributed by atoms with Gasteiger partial charge in [-0.15, -0.1) is 0 Å². The zero-order valence-electron chi connectivity index (χ0n) is 7.70. The number of hydrogen-bond donors (Lipinski definition) is 0. The molecule has 0 atom stereocenters. The van der Waals surface area contributed by atoms with Crippen molar-refractivity contribution in [3.63, 3.8) is 0 Å². The molecule has 1 aromatic rings. The van der Waals surface area contributed by atoms with Gasteiger partial charge in [0.2, 0.25) is 0 Å². The minimum absolute atomic E-state index is 0.421. The van der Waals surface area contributed by atoms with Gasteiger partial charge in [0.1, 0.15) is 6.61 Å². The van der Waals surface area contributed by atoms with Crippen LogP contribution in [0.25, 0.3) is 0 Å². The van der Waals surface area contributed by atoms with Crippen molar-refractivity contribution in [2.75, 3.05) is 27.2 Å². The Labute approximate surface area is 86.1 Å². The second-order valence-electron chi connectivity index (χ2n) is 2.84. The average Bonchev–Trinajstić information content (AvgIpc) is 2.08. The lowest BCUT2D eigenvalue weighted by atomic mass is 10.6. The Balaban J connectivity index is 2.33. The van der Waals surface area contributed by atoms with Gasteiger partial charge in [0.05, 0.1) is 4.47 Å². The molecule has 72 valence electrons. The van der Waals surface area contributed by atoms with Crippen LogP contribution in [0.1, 0.15) is 0 Å². The fourth-order valence-electron chi connectivity index (χ4n) is 0.694. The molecular formula is C8H12BrN3O. The van der Waals surface area contributed by atoms with Crippen molar-refractivity contribution in [1.29, 1.82) is 0 Å². The standard InChI is InChI=1S/C8H12BrN3O/c1-12(2)3-4-13-8-10-5-7(9)6-11-8/h5-6H,3-4H2,1-2H3. The third-order valence-corrected chi connectivity index (χ3v) is 1.78. The summed E-state index contributed by atoms with van der Waals surface area (Å²) in [5.41, 5.74) is 0. The van der Waals surface area contributed by atoms with Gasteiger partial charge < -0.3 is 9.64 Å². The molecule has 0 amide bonds. The summed E-state index contributed by atoms with van der Waals surface area (Å²) in [5.74, 6) is 0. The first-order chi connectivity index (χ1) is 6.18. The number of aromatic nitrogens is 2. The van der Waals surface area contributed by atoms with Crippen LogP contribution >= 0.6 is 15.9 Å². The van der Waals surface area contributed by atoms with E-state index in [4.69, 9.17) is 4.74 Å². The van der Waals surface area contributed by atoms with E-state index < -0.39 is 0 Å². The Morgan fingerprint density at radius 2 is 2.00 bits per heavy atom. The van der Waals surface area contributed by atoms with Crippen molar-refractivity contribution in [1.82, 2.24) is 14.9 Å². The highest BCUT2D eigenvalue weighted by Gasteiger charge is 1.96. The number of ether oxygens (including phenoxy) is 1. The van der Waals surface area contributed by atoms with E-state index in [0.29, 0.717) is 12.6 Å². The van der Waals surface area contributed by atoms with E-state index in [1.54, 1.807) is 12.4 Å². The minimum atomic E-state index is 0.421. The minimum Gasteiger partial charge on any atom is -0.462 e. The number of likely N-dealkylation sites (N-methyl/N-ethyl adjacent to an activating group) is 1. The summed E-state index contributed by atoms with van der Waals surface area (Å²) in [7, 11) is 3.98. The number of hydrogen-bond acceptors (Lipinski definition) is 4. The van der Waals surface area contributed by atoms with Gasteiger partial charge in [0, 0.05) is 18.9 Å². The fraction of sp³-hybridized carbons (Fsp3) is 0.500. The number of nitrogens with zero attached hydrogens (tertiary/aromatic N) is 3. The topological polar surface area (TPSA) is 38.2 Å². The average molecular weight is 246 g/mol. The molecule has 0 aliphatic heterocycles. The molecule has 4 nitrogen and oxygen atoms in total. The van der Waals surface area contributed by atoms with Crippen LogP contribution in [-0.4, -0.2) is 42.1 Å². The second kappa shape index (κ2) is 5.14. The quantitative estimate of drug-likeness (QED) is 0.799. The first kappa shape index (κ1) is 10.4. The molecule has 0 fully saturated rings. The molecule has 0 spiro atoms. The van der Waals surface area contributed by atoms with E-state index in [-0.39, 0.29) is 0 Å². The van der Waals surface area contributed by atoms with E-state index >= 15 is 0 Å². The first-order valence-electron chi connectivity index (χ1n) is 3.93.